The van der Waals surface area contributed by atoms with Gasteiger partial charge in [0.2, 0.25) is 0 Å². The van der Waals surface area contributed by atoms with Crippen LogP contribution >= 0.6 is 0 Å². The van der Waals surface area contributed by atoms with E-state index in [1.807, 2.05) is 55.5 Å². The molecule has 0 atom stereocenters. The number of aryl methyl sites for hydroxylation is 1. The van der Waals surface area contributed by atoms with Crippen LogP contribution in [0.4, 0.5) is 0 Å². The monoisotopic (exact) mass is 466 g/mol. The highest BCUT2D eigenvalue weighted by atomic mass is 35.7. The molecule has 1 aromatic heterocycles. The van der Waals surface area contributed by atoms with E-state index >= 15 is 0 Å². The van der Waals surface area contributed by atoms with E-state index in [9.17, 15) is 0 Å². The van der Waals surface area contributed by atoms with Gasteiger partial charge in [0, 0.05) is 35.2 Å². The largest absolute Gasteiger partial charge is 0.497 e. The van der Waals surface area contributed by atoms with Crippen molar-refractivity contribution in [1.82, 2.24) is 0 Å². The van der Waals surface area contributed by atoms with Crippen LogP contribution in [0.5, 0.6) is 23.0 Å². The van der Waals surface area contributed by atoms with E-state index in [0.29, 0.717) is 11.5 Å². The summed E-state index contributed by atoms with van der Waals surface area (Å²) in [6.07, 6.45) is 3.87. The molecule has 0 amide bonds. The van der Waals surface area contributed by atoms with Gasteiger partial charge in [-0.2, -0.15) is 0 Å². The summed E-state index contributed by atoms with van der Waals surface area (Å²) < 4.78 is 61.5. The molecule has 0 radical (unpaired) electrons. The van der Waals surface area contributed by atoms with Gasteiger partial charge in [-0.05, 0) is 24.3 Å². The van der Waals surface area contributed by atoms with E-state index in [-0.39, 0.29) is 0 Å². The molecule has 10 heteroatoms. The number of hydrogen-bond donors (Lipinski definition) is 0. The summed E-state index contributed by atoms with van der Waals surface area (Å²) in [5.74, 6) is 4.33. The lowest BCUT2D eigenvalue weighted by Crippen LogP contribution is -2.68. The Bertz CT molecular complexity index is 1080. The van der Waals surface area contributed by atoms with E-state index in [2.05, 4.69) is 0 Å². The van der Waals surface area contributed by atoms with Gasteiger partial charge < -0.3 is 18.9 Å². The Kier molecular flexibility index (Phi) is 8.64. The third kappa shape index (κ3) is 6.98. The summed E-state index contributed by atoms with van der Waals surface area (Å²) in [6, 6.07) is 11.5. The third-order valence-electron chi connectivity index (χ3n) is 4.31. The Morgan fingerprint density at radius 1 is 0.750 bits per heavy atom. The van der Waals surface area contributed by atoms with E-state index < -0.39 is 10.2 Å². The molecule has 0 aliphatic carbocycles. The first kappa shape index (κ1) is 25.2. The maximum absolute atomic E-state index is 8.49. The van der Waals surface area contributed by atoms with Crippen molar-refractivity contribution in [2.45, 2.75) is 6.92 Å². The lowest BCUT2D eigenvalue weighted by Gasteiger charge is -2.17. The van der Waals surface area contributed by atoms with Gasteiger partial charge >= 0.3 is 11.5 Å². The Labute approximate surface area is 187 Å². The van der Waals surface area contributed by atoms with Crippen LogP contribution in [-0.4, -0.2) is 28.4 Å². The SMILES string of the molecule is COc1ccc(C=Cc2[o+]c(C)cc3cc(OC)c(OC)cc23)c(OC)c1.[O-][Cl+3]([O-])([O-])[O-]. The average Bonchev–Trinajstić information content (AvgIpc) is 2.75. The van der Waals surface area contributed by atoms with Gasteiger partial charge in [0.25, 0.3) is 0 Å². The summed E-state index contributed by atoms with van der Waals surface area (Å²) in [7, 11) is 1.56. The van der Waals surface area contributed by atoms with Crippen molar-refractivity contribution in [2.24, 2.45) is 0 Å². The highest BCUT2D eigenvalue weighted by molar-refractivity contribution is 5.93. The van der Waals surface area contributed by atoms with E-state index in [4.69, 9.17) is 42.0 Å². The van der Waals surface area contributed by atoms with Crippen molar-refractivity contribution in [1.29, 1.82) is 0 Å². The minimum atomic E-state index is -4.94. The number of halogens is 1. The van der Waals surface area contributed by atoms with Gasteiger partial charge in [0.05, 0.1) is 40.7 Å². The van der Waals surface area contributed by atoms with Crippen molar-refractivity contribution in [3.8, 4) is 23.0 Å². The number of hydrogen-bond acceptors (Lipinski definition) is 8. The van der Waals surface area contributed by atoms with Gasteiger partial charge in [-0.25, -0.2) is 23.1 Å². The molecular formula is C22H23ClO9. The molecular weight excluding hydrogens is 444 g/mol. The minimum absolute atomic E-state index is 0.653. The molecule has 32 heavy (non-hydrogen) atoms. The van der Waals surface area contributed by atoms with E-state index in [1.54, 1.807) is 28.4 Å². The summed E-state index contributed by atoms with van der Waals surface area (Å²) in [4.78, 5) is 0. The van der Waals surface area contributed by atoms with Crippen LogP contribution in [0.3, 0.4) is 0 Å². The zero-order valence-corrected chi connectivity index (χ0v) is 18.9. The van der Waals surface area contributed by atoms with Crippen LogP contribution in [0.25, 0.3) is 22.9 Å². The smallest absolute Gasteiger partial charge is 0.360 e. The molecule has 0 aliphatic heterocycles. The summed E-state index contributed by atoms with van der Waals surface area (Å²) in [6.45, 7) is 1.92. The lowest BCUT2D eigenvalue weighted by atomic mass is 10.1. The van der Waals surface area contributed by atoms with Crippen molar-refractivity contribution < 1.29 is 52.2 Å². The van der Waals surface area contributed by atoms with Crippen LogP contribution in [0.2, 0.25) is 0 Å². The normalized spacial score (nSPS) is 11.2. The molecule has 2 aromatic carbocycles. The van der Waals surface area contributed by atoms with Crippen molar-refractivity contribution in [3.63, 3.8) is 0 Å². The number of benzene rings is 2. The minimum Gasteiger partial charge on any atom is -0.497 e. The molecule has 0 spiro atoms. The van der Waals surface area contributed by atoms with Gasteiger partial charge in [0.15, 0.2) is 11.5 Å². The van der Waals surface area contributed by atoms with Gasteiger partial charge in [-0.1, -0.05) is 0 Å². The Hall–Kier alpha value is -3.08. The highest BCUT2D eigenvalue weighted by Crippen LogP contribution is 2.35. The first-order chi connectivity index (χ1) is 15.1. The first-order valence-corrected chi connectivity index (χ1v) is 10.3. The third-order valence-corrected chi connectivity index (χ3v) is 4.31. The molecule has 0 N–H and O–H groups in total. The fourth-order valence-corrected chi connectivity index (χ4v) is 2.95. The highest BCUT2D eigenvalue weighted by Gasteiger charge is 2.18. The number of ether oxygens (including phenoxy) is 4. The first-order valence-electron chi connectivity index (χ1n) is 9.11. The van der Waals surface area contributed by atoms with Crippen LogP contribution in [-0.2, 0) is 0 Å². The summed E-state index contributed by atoms with van der Waals surface area (Å²) >= 11 is 0. The standard InChI is InChI=1S/C22H23O5.ClHO4/c1-14-10-16-11-21(25-4)22(26-5)13-18(16)19(27-14)9-7-15-6-8-17(23-2)12-20(15)24-3;2-1(3,4)5/h6-13H,1-5H3;(H,2,3,4,5)/q+1;/p-1. The topological polar surface area (TPSA) is 140 Å². The fourth-order valence-electron chi connectivity index (χ4n) is 2.95. The fraction of sp³-hybridized carbons (Fsp3) is 0.227. The number of fused-ring (bicyclic) bond motifs is 1. The molecule has 0 saturated heterocycles. The van der Waals surface area contributed by atoms with Crippen molar-refractivity contribution >= 4 is 22.9 Å². The molecule has 0 aliphatic rings. The molecule has 172 valence electrons. The predicted molar refractivity (Wildman–Crippen MR) is 107 cm³/mol. The number of methoxy groups -OCH3 is 4. The zero-order valence-electron chi connectivity index (χ0n) is 18.2. The molecule has 9 nitrogen and oxygen atoms in total. The number of rotatable bonds is 6. The second kappa shape index (κ2) is 11.0. The second-order valence-electron chi connectivity index (χ2n) is 6.33. The maximum atomic E-state index is 8.49. The maximum Gasteiger partial charge on any atom is 0.360 e. The molecule has 0 bridgehead atoms. The van der Waals surface area contributed by atoms with E-state index in [1.165, 1.54) is 0 Å². The molecule has 0 fully saturated rings. The molecule has 3 aromatic rings. The molecule has 3 rings (SSSR count). The van der Waals surface area contributed by atoms with Gasteiger partial charge in [-0.15, -0.1) is 10.2 Å². The summed E-state index contributed by atoms with van der Waals surface area (Å²) in [5, 5.41) is 1.94. The van der Waals surface area contributed by atoms with Gasteiger partial charge in [-0.3, -0.25) is 0 Å². The molecule has 0 unspecified atom stereocenters. The Balaban J connectivity index is 0.000000654. The van der Waals surface area contributed by atoms with Crippen LogP contribution in [0.15, 0.2) is 40.8 Å². The predicted octanol–water partition coefficient (Wildman–Crippen LogP) is 0.471. The quantitative estimate of drug-likeness (QED) is 0.474. The van der Waals surface area contributed by atoms with Crippen LogP contribution < -0.4 is 37.6 Å². The summed E-state index contributed by atoms with van der Waals surface area (Å²) in [5.41, 5.74) is 0.920. The zero-order chi connectivity index (χ0) is 23.9. The average molecular weight is 467 g/mol. The van der Waals surface area contributed by atoms with Crippen molar-refractivity contribution in [2.75, 3.05) is 28.4 Å². The van der Waals surface area contributed by atoms with E-state index in [0.717, 1.165) is 39.4 Å². The lowest BCUT2D eigenvalue weighted by molar-refractivity contribution is -2.00. The molecule has 1 heterocycles. The van der Waals surface area contributed by atoms with Crippen LogP contribution in [0.1, 0.15) is 17.1 Å². The second-order valence-corrected chi connectivity index (χ2v) is 7.09. The Morgan fingerprint density at radius 2 is 1.34 bits per heavy atom. The Morgan fingerprint density at radius 3 is 1.91 bits per heavy atom. The van der Waals surface area contributed by atoms with Crippen LogP contribution in [0, 0.1) is 17.2 Å². The van der Waals surface area contributed by atoms with Gasteiger partial charge in [0.1, 0.15) is 11.5 Å². The van der Waals surface area contributed by atoms with Crippen molar-refractivity contribution in [3.05, 3.63) is 53.5 Å². The molecule has 0 saturated carbocycles.